The molecule has 2 heterocycles. The van der Waals surface area contributed by atoms with Gasteiger partial charge in [0.05, 0.1) is 6.61 Å². The molecular formula is C19H29NO3. The van der Waals surface area contributed by atoms with Crippen LogP contribution in [0.4, 0.5) is 0 Å². The summed E-state index contributed by atoms with van der Waals surface area (Å²) in [6.07, 6.45) is 5.93. The van der Waals surface area contributed by atoms with Crippen molar-refractivity contribution >= 4 is 5.78 Å². The van der Waals surface area contributed by atoms with Gasteiger partial charge in [-0.2, -0.15) is 0 Å². The third kappa shape index (κ3) is 6.45. The van der Waals surface area contributed by atoms with E-state index in [1.807, 2.05) is 13.0 Å². The molecule has 0 N–H and O–H groups in total. The second kappa shape index (κ2) is 10.8. The number of ether oxygens (including phenoxy) is 1. The van der Waals surface area contributed by atoms with E-state index >= 15 is 0 Å². The number of hydrogen-bond donors (Lipinski definition) is 0. The molecule has 128 valence electrons. The second-order valence-corrected chi connectivity index (χ2v) is 5.46. The number of aryl methyl sites for hydroxylation is 1. The molecule has 1 aliphatic heterocycles. The molecule has 0 saturated carbocycles. The fraction of sp³-hybridized carbons (Fsp3) is 0.526. The van der Waals surface area contributed by atoms with Crippen molar-refractivity contribution in [2.45, 2.75) is 39.0 Å². The highest BCUT2D eigenvalue weighted by Crippen LogP contribution is 2.15. The van der Waals surface area contributed by atoms with Gasteiger partial charge < -0.3 is 14.1 Å². The first-order valence-electron chi connectivity index (χ1n) is 8.38. The van der Waals surface area contributed by atoms with Crippen LogP contribution < -0.4 is 0 Å². The van der Waals surface area contributed by atoms with E-state index in [4.69, 9.17) is 9.15 Å². The Morgan fingerprint density at radius 2 is 1.96 bits per heavy atom. The molecule has 1 saturated heterocycles. The average molecular weight is 319 g/mol. The monoisotopic (exact) mass is 319 g/mol. The number of ketones is 1. The highest BCUT2D eigenvalue weighted by Gasteiger charge is 2.16. The predicted molar refractivity (Wildman–Crippen MR) is 93.7 cm³/mol. The Hall–Kier alpha value is -1.81. The summed E-state index contributed by atoms with van der Waals surface area (Å²) in [6.45, 7) is 15.4. The maximum absolute atomic E-state index is 11.9. The second-order valence-electron chi connectivity index (χ2n) is 5.46. The van der Waals surface area contributed by atoms with Gasteiger partial charge >= 0.3 is 0 Å². The Balaban J connectivity index is 0.00000127. The van der Waals surface area contributed by atoms with Crippen LogP contribution in [0.3, 0.4) is 0 Å². The molecule has 0 spiro atoms. The molecule has 4 nitrogen and oxygen atoms in total. The number of likely N-dealkylation sites (tertiary alicyclic amines) is 1. The zero-order valence-electron chi connectivity index (χ0n) is 14.3. The molecule has 0 aliphatic carbocycles. The molecule has 0 amide bonds. The van der Waals surface area contributed by atoms with E-state index in [1.54, 1.807) is 6.07 Å². The number of allylic oxidation sites excluding steroid dienone is 1. The summed E-state index contributed by atoms with van der Waals surface area (Å²) in [5, 5.41) is 0. The van der Waals surface area contributed by atoms with E-state index in [1.165, 1.54) is 32.4 Å². The van der Waals surface area contributed by atoms with Gasteiger partial charge in [0.1, 0.15) is 5.76 Å². The lowest BCUT2D eigenvalue weighted by atomic mass is 10.1. The van der Waals surface area contributed by atoms with Crippen molar-refractivity contribution in [3.8, 4) is 0 Å². The topological polar surface area (TPSA) is 42.7 Å². The van der Waals surface area contributed by atoms with Crippen molar-refractivity contribution in [3.63, 3.8) is 0 Å². The summed E-state index contributed by atoms with van der Waals surface area (Å²) in [5.41, 5.74) is 0. The SMILES string of the molecule is C=C.C=C(OCC)C(=O)c1ccc(CCCN2CCCCC2)o1. The molecule has 1 aliphatic rings. The minimum absolute atomic E-state index is 0.145. The van der Waals surface area contributed by atoms with Gasteiger partial charge in [0.25, 0.3) is 5.78 Å². The number of piperidine rings is 1. The third-order valence-electron chi connectivity index (χ3n) is 3.80. The van der Waals surface area contributed by atoms with E-state index in [9.17, 15) is 4.79 Å². The fourth-order valence-electron chi connectivity index (χ4n) is 2.67. The Morgan fingerprint density at radius 1 is 1.26 bits per heavy atom. The molecule has 1 aromatic rings. The molecule has 1 fully saturated rings. The van der Waals surface area contributed by atoms with Gasteiger partial charge in [-0.3, -0.25) is 4.79 Å². The van der Waals surface area contributed by atoms with Crippen molar-refractivity contribution in [1.82, 2.24) is 4.90 Å². The molecule has 0 bridgehead atoms. The Morgan fingerprint density at radius 3 is 2.61 bits per heavy atom. The van der Waals surface area contributed by atoms with Crippen molar-refractivity contribution < 1.29 is 13.9 Å². The number of hydrogen-bond acceptors (Lipinski definition) is 4. The van der Waals surface area contributed by atoms with E-state index in [2.05, 4.69) is 24.6 Å². The molecule has 0 aromatic carbocycles. The Labute approximate surface area is 139 Å². The smallest absolute Gasteiger partial charge is 0.261 e. The van der Waals surface area contributed by atoms with Crippen molar-refractivity contribution in [2.24, 2.45) is 0 Å². The number of furan rings is 1. The number of nitrogens with zero attached hydrogens (tertiary/aromatic N) is 1. The van der Waals surface area contributed by atoms with Crippen molar-refractivity contribution in [1.29, 1.82) is 0 Å². The Kier molecular flexibility index (Phi) is 9.07. The number of carbonyl (C=O) groups excluding carboxylic acids is 1. The zero-order valence-corrected chi connectivity index (χ0v) is 14.3. The molecule has 4 heteroatoms. The first-order valence-corrected chi connectivity index (χ1v) is 8.38. The van der Waals surface area contributed by atoms with Crippen LogP contribution in [0.25, 0.3) is 0 Å². The molecule has 0 radical (unpaired) electrons. The summed E-state index contributed by atoms with van der Waals surface area (Å²) >= 11 is 0. The number of rotatable bonds is 8. The lowest BCUT2D eigenvalue weighted by Crippen LogP contribution is -2.30. The quantitative estimate of drug-likeness (QED) is 0.311. The fourth-order valence-corrected chi connectivity index (χ4v) is 2.67. The van der Waals surface area contributed by atoms with Crippen LogP contribution in [0.5, 0.6) is 0 Å². The predicted octanol–water partition coefficient (Wildman–Crippen LogP) is 4.23. The summed E-state index contributed by atoms with van der Waals surface area (Å²) < 4.78 is 10.7. The maximum Gasteiger partial charge on any atom is 0.261 e. The van der Waals surface area contributed by atoms with Crippen LogP contribution in [0, 0.1) is 0 Å². The largest absolute Gasteiger partial charge is 0.490 e. The maximum atomic E-state index is 11.9. The van der Waals surface area contributed by atoms with Crippen molar-refractivity contribution in [2.75, 3.05) is 26.2 Å². The van der Waals surface area contributed by atoms with Crippen LogP contribution in [-0.2, 0) is 11.2 Å². The lowest BCUT2D eigenvalue weighted by molar-refractivity contribution is 0.0900. The molecule has 0 unspecified atom stereocenters. The van der Waals surface area contributed by atoms with E-state index in [0.717, 1.165) is 25.1 Å². The molecular weight excluding hydrogens is 290 g/mol. The van der Waals surface area contributed by atoms with Crippen LogP contribution in [0.1, 0.15) is 48.9 Å². The summed E-state index contributed by atoms with van der Waals surface area (Å²) in [4.78, 5) is 14.5. The standard InChI is InChI=1S/C17H25NO3.C2H4/c1-3-20-14(2)17(19)16-10-9-15(21-16)8-7-13-18-11-5-4-6-12-18;1-2/h9-10H,2-8,11-13H2,1H3;1-2H2. The molecule has 2 rings (SSSR count). The van der Waals surface area contributed by atoms with Crippen LogP contribution in [0.2, 0.25) is 0 Å². The molecule has 1 aromatic heterocycles. The first-order chi connectivity index (χ1) is 11.2. The highest BCUT2D eigenvalue weighted by atomic mass is 16.5. The van der Waals surface area contributed by atoms with Crippen molar-refractivity contribution in [3.05, 3.63) is 49.1 Å². The minimum atomic E-state index is -0.265. The van der Waals surface area contributed by atoms with Crippen LogP contribution in [0.15, 0.2) is 42.0 Å². The van der Waals surface area contributed by atoms with Gasteiger partial charge in [0, 0.05) is 6.42 Å². The molecule has 0 atom stereocenters. The van der Waals surface area contributed by atoms with Crippen LogP contribution >= 0.6 is 0 Å². The van der Waals surface area contributed by atoms with Gasteiger partial charge in [0.15, 0.2) is 11.5 Å². The number of carbonyl (C=O) groups is 1. The highest BCUT2D eigenvalue weighted by molar-refractivity contribution is 6.04. The summed E-state index contributed by atoms with van der Waals surface area (Å²) in [6, 6.07) is 3.59. The van der Waals surface area contributed by atoms with E-state index in [-0.39, 0.29) is 11.5 Å². The van der Waals surface area contributed by atoms with Gasteiger partial charge in [0.2, 0.25) is 0 Å². The van der Waals surface area contributed by atoms with Gasteiger partial charge in [-0.1, -0.05) is 13.0 Å². The minimum Gasteiger partial charge on any atom is -0.490 e. The summed E-state index contributed by atoms with van der Waals surface area (Å²) in [5.74, 6) is 1.06. The van der Waals surface area contributed by atoms with Crippen LogP contribution in [-0.4, -0.2) is 36.9 Å². The average Bonchev–Trinajstić information content (AvgIpc) is 3.06. The first kappa shape index (κ1) is 19.2. The lowest BCUT2D eigenvalue weighted by Gasteiger charge is -2.26. The third-order valence-corrected chi connectivity index (χ3v) is 3.80. The van der Waals surface area contributed by atoms with Gasteiger partial charge in [-0.05, 0) is 58.0 Å². The Bertz CT molecular complexity index is 487. The molecule has 23 heavy (non-hydrogen) atoms. The zero-order chi connectivity index (χ0) is 17.1. The number of Topliss-reactive ketones (excluding diaryl/α,β-unsaturated/α-hetero) is 1. The van der Waals surface area contributed by atoms with E-state index in [0.29, 0.717) is 12.4 Å². The van der Waals surface area contributed by atoms with Gasteiger partial charge in [-0.25, -0.2) is 0 Å². The van der Waals surface area contributed by atoms with E-state index < -0.39 is 0 Å². The van der Waals surface area contributed by atoms with Gasteiger partial charge in [-0.15, -0.1) is 13.2 Å². The normalized spacial score (nSPS) is 14.7. The summed E-state index contributed by atoms with van der Waals surface area (Å²) in [7, 11) is 0.